The molecule has 14 heteroatoms. The van der Waals surface area contributed by atoms with Gasteiger partial charge in [-0.2, -0.15) is 26.3 Å². The second kappa shape index (κ2) is 9.06. The summed E-state index contributed by atoms with van der Waals surface area (Å²) in [6, 6.07) is 19.1. The monoisotopic (exact) mass is 564 g/mol. The van der Waals surface area contributed by atoms with Crippen molar-refractivity contribution in [3.05, 3.63) is 95.1 Å². The fourth-order valence-electron chi connectivity index (χ4n) is 4.57. The van der Waals surface area contributed by atoms with E-state index in [-0.39, 0.29) is 34.3 Å². The highest BCUT2D eigenvalue weighted by molar-refractivity contribution is 6.01. The third kappa shape index (κ3) is 4.07. The Balaban J connectivity index is 1.54. The third-order valence-corrected chi connectivity index (χ3v) is 6.62. The summed E-state index contributed by atoms with van der Waals surface area (Å²) in [5.74, 6) is -4.11. The molecule has 40 heavy (non-hydrogen) atoms. The summed E-state index contributed by atoms with van der Waals surface area (Å²) in [6.45, 7) is -0.00176. The molecule has 208 valence electrons. The molecule has 0 spiro atoms. The smallest absolute Gasteiger partial charge is 0.366 e. The number of alkyl halides is 6. The Kier molecular flexibility index (Phi) is 6.15. The highest BCUT2D eigenvalue weighted by atomic mass is 19.4. The first-order valence-corrected chi connectivity index (χ1v) is 11.5. The molecular formula is C26H18F6N4O4. The molecule has 2 amide bonds. The molecule has 4 aromatic rings. The van der Waals surface area contributed by atoms with Crippen LogP contribution in [0.3, 0.4) is 0 Å². The first kappa shape index (κ1) is 27.1. The normalized spacial score (nSPS) is 17.8. The van der Waals surface area contributed by atoms with Crippen LogP contribution in [0.4, 0.5) is 32.3 Å². The molecule has 1 aliphatic heterocycles. The van der Waals surface area contributed by atoms with Crippen LogP contribution in [-0.4, -0.2) is 54.8 Å². The molecule has 0 aliphatic carbocycles. The summed E-state index contributed by atoms with van der Waals surface area (Å²) in [5, 5.41) is 22.6. The summed E-state index contributed by atoms with van der Waals surface area (Å²) in [5.41, 5.74) is -6.42. The number of rotatable bonds is 5. The number of hydrogen-bond acceptors (Lipinski definition) is 5. The Morgan fingerprint density at radius 3 is 2.23 bits per heavy atom. The van der Waals surface area contributed by atoms with E-state index in [0.29, 0.717) is 5.56 Å². The van der Waals surface area contributed by atoms with E-state index in [2.05, 4.69) is 9.97 Å². The van der Waals surface area contributed by atoms with Gasteiger partial charge in [0, 0.05) is 23.2 Å². The number of amides is 2. The summed E-state index contributed by atoms with van der Waals surface area (Å²) in [4.78, 5) is 32.7. The standard InChI is InChI=1S/C26H18F6N4O4/c27-25(28,29)24(40,26(30,31)32)21(38)35-22-33-18-11-10-15(12-19(18)34-22)23(39)17-9-5-4-8-16(17)20(37)36(23)13-14-6-2-1-3-7-14/h1-12,39-40H,13H2,(H2,33,34,35,38). The van der Waals surface area contributed by atoms with Crippen molar-refractivity contribution < 1.29 is 46.1 Å². The molecule has 3 aromatic carbocycles. The van der Waals surface area contributed by atoms with Crippen molar-refractivity contribution in [2.24, 2.45) is 0 Å². The predicted octanol–water partition coefficient (Wildman–Crippen LogP) is 4.21. The van der Waals surface area contributed by atoms with Crippen LogP contribution >= 0.6 is 0 Å². The van der Waals surface area contributed by atoms with Crippen molar-refractivity contribution in [2.45, 2.75) is 30.2 Å². The van der Waals surface area contributed by atoms with E-state index in [0.717, 1.165) is 0 Å². The number of nitrogens with one attached hydrogen (secondary N) is 2. The average Bonchev–Trinajstić information content (AvgIpc) is 3.39. The molecule has 0 fully saturated rings. The largest absolute Gasteiger partial charge is 0.435 e. The number of halogens is 6. The van der Waals surface area contributed by atoms with Gasteiger partial charge in [-0.25, -0.2) is 4.98 Å². The number of fused-ring (bicyclic) bond motifs is 2. The zero-order valence-corrected chi connectivity index (χ0v) is 20.0. The Labute approximate surface area is 220 Å². The van der Waals surface area contributed by atoms with E-state index in [4.69, 9.17) is 0 Å². The van der Waals surface area contributed by atoms with Gasteiger partial charge in [0.1, 0.15) is 0 Å². The first-order valence-electron chi connectivity index (χ1n) is 11.5. The van der Waals surface area contributed by atoms with E-state index in [9.17, 15) is 46.1 Å². The molecule has 0 radical (unpaired) electrons. The molecule has 1 unspecified atom stereocenters. The topological polar surface area (TPSA) is 119 Å². The Hall–Kier alpha value is -4.43. The van der Waals surface area contributed by atoms with E-state index >= 15 is 0 Å². The molecule has 1 aliphatic rings. The average molecular weight is 564 g/mol. The second-order valence-electron chi connectivity index (χ2n) is 9.07. The molecule has 5 rings (SSSR count). The van der Waals surface area contributed by atoms with Gasteiger partial charge in [0.15, 0.2) is 5.72 Å². The highest BCUT2D eigenvalue weighted by Gasteiger charge is 2.75. The van der Waals surface area contributed by atoms with Crippen LogP contribution in [0.1, 0.15) is 27.0 Å². The van der Waals surface area contributed by atoms with E-state index in [1.54, 1.807) is 48.5 Å². The highest BCUT2D eigenvalue weighted by Crippen LogP contribution is 2.45. The number of H-pyrrole nitrogens is 1. The molecule has 1 atom stereocenters. The van der Waals surface area contributed by atoms with Gasteiger partial charge < -0.3 is 15.2 Å². The number of carbonyl (C=O) groups is 2. The van der Waals surface area contributed by atoms with Crippen LogP contribution in [0.5, 0.6) is 0 Å². The van der Waals surface area contributed by atoms with E-state index in [1.165, 1.54) is 34.5 Å². The molecule has 4 N–H and O–H groups in total. The molecular weight excluding hydrogens is 546 g/mol. The lowest BCUT2D eigenvalue weighted by molar-refractivity contribution is -0.348. The van der Waals surface area contributed by atoms with Crippen LogP contribution in [0.15, 0.2) is 72.8 Å². The molecule has 0 bridgehead atoms. The van der Waals surface area contributed by atoms with Crippen LogP contribution < -0.4 is 5.32 Å². The van der Waals surface area contributed by atoms with Gasteiger partial charge in [0.25, 0.3) is 11.8 Å². The van der Waals surface area contributed by atoms with Crippen molar-refractivity contribution in [1.29, 1.82) is 0 Å². The third-order valence-electron chi connectivity index (χ3n) is 6.62. The SMILES string of the molecule is O=C1c2ccccc2C(O)(c2ccc3[nH]c(NC(=O)C(O)(C(F)(F)F)C(F)(F)F)nc3c2)N1Cc1ccccc1. The Bertz CT molecular complexity index is 1600. The van der Waals surface area contributed by atoms with E-state index < -0.39 is 41.4 Å². The summed E-state index contributed by atoms with van der Waals surface area (Å²) < 4.78 is 78.3. The fraction of sp³-hybridized carbons (Fsp3) is 0.192. The number of aromatic amines is 1. The number of benzene rings is 3. The van der Waals surface area contributed by atoms with Crippen LogP contribution in [0.25, 0.3) is 11.0 Å². The van der Waals surface area contributed by atoms with Crippen LogP contribution in [0, 0.1) is 0 Å². The minimum absolute atomic E-state index is 0.00176. The minimum Gasteiger partial charge on any atom is -0.366 e. The fourth-order valence-corrected chi connectivity index (χ4v) is 4.57. The van der Waals surface area contributed by atoms with Gasteiger partial charge in [-0.15, -0.1) is 0 Å². The van der Waals surface area contributed by atoms with Crippen molar-refractivity contribution in [3.8, 4) is 0 Å². The second-order valence-corrected chi connectivity index (χ2v) is 9.07. The van der Waals surface area contributed by atoms with Crippen molar-refractivity contribution in [1.82, 2.24) is 14.9 Å². The predicted molar refractivity (Wildman–Crippen MR) is 128 cm³/mol. The minimum atomic E-state index is -6.37. The Morgan fingerprint density at radius 1 is 0.950 bits per heavy atom. The van der Waals surface area contributed by atoms with Crippen molar-refractivity contribution in [2.75, 3.05) is 5.32 Å². The van der Waals surface area contributed by atoms with Gasteiger partial charge in [-0.3, -0.25) is 19.8 Å². The number of hydrogen-bond donors (Lipinski definition) is 4. The number of imidazole rings is 1. The zero-order valence-electron chi connectivity index (χ0n) is 20.0. The number of nitrogens with zero attached hydrogens (tertiary/aromatic N) is 2. The van der Waals surface area contributed by atoms with Gasteiger partial charge in [0.2, 0.25) is 5.95 Å². The summed E-state index contributed by atoms with van der Waals surface area (Å²) in [6.07, 6.45) is -12.7. The van der Waals surface area contributed by atoms with Crippen molar-refractivity contribution >= 4 is 28.8 Å². The lowest BCUT2D eigenvalue weighted by Crippen LogP contribution is -2.64. The maximum Gasteiger partial charge on any atom is 0.435 e. The number of aliphatic hydroxyl groups is 2. The van der Waals surface area contributed by atoms with Crippen LogP contribution in [0.2, 0.25) is 0 Å². The lowest BCUT2D eigenvalue weighted by atomic mass is 9.93. The number of anilines is 1. The van der Waals surface area contributed by atoms with Gasteiger partial charge in [-0.1, -0.05) is 54.6 Å². The maximum absolute atomic E-state index is 13.3. The first-order chi connectivity index (χ1) is 18.7. The molecule has 0 saturated carbocycles. The molecule has 2 heterocycles. The van der Waals surface area contributed by atoms with E-state index in [1.807, 2.05) is 0 Å². The molecule has 8 nitrogen and oxygen atoms in total. The van der Waals surface area contributed by atoms with Gasteiger partial charge in [0.05, 0.1) is 11.0 Å². The Morgan fingerprint density at radius 2 is 1.57 bits per heavy atom. The van der Waals surface area contributed by atoms with Crippen LogP contribution in [-0.2, 0) is 17.1 Å². The van der Waals surface area contributed by atoms with Gasteiger partial charge >= 0.3 is 18.0 Å². The quantitative estimate of drug-likeness (QED) is 0.271. The molecule has 1 aromatic heterocycles. The van der Waals surface area contributed by atoms with Gasteiger partial charge in [-0.05, 0) is 23.8 Å². The number of carbonyl (C=O) groups excluding carboxylic acids is 2. The van der Waals surface area contributed by atoms with Crippen molar-refractivity contribution in [3.63, 3.8) is 0 Å². The summed E-state index contributed by atoms with van der Waals surface area (Å²) in [7, 11) is 0. The lowest BCUT2D eigenvalue weighted by Gasteiger charge is -2.35. The summed E-state index contributed by atoms with van der Waals surface area (Å²) >= 11 is 0. The number of aromatic nitrogens is 2. The maximum atomic E-state index is 13.3. The zero-order chi connectivity index (χ0) is 29.1. The molecule has 0 saturated heterocycles.